The summed E-state index contributed by atoms with van der Waals surface area (Å²) >= 11 is 1.92. The van der Waals surface area contributed by atoms with Gasteiger partial charge in [0, 0.05) is 59.7 Å². The summed E-state index contributed by atoms with van der Waals surface area (Å²) in [5.74, 6) is 1.12. The number of fused-ring (bicyclic) bond motifs is 9. The quantitative estimate of drug-likeness (QED) is 0.184. The van der Waals surface area contributed by atoms with Crippen molar-refractivity contribution < 1.29 is 4.42 Å². The van der Waals surface area contributed by atoms with E-state index in [4.69, 9.17) is 9.41 Å². The number of nitrogens with one attached hydrogen (secondary N) is 2. The Hall–Kier alpha value is -6.73. The minimum atomic E-state index is -0.186. The van der Waals surface area contributed by atoms with Crippen LogP contribution in [0, 0.1) is 0 Å². The Morgan fingerprint density at radius 1 is 0.632 bits per heavy atom. The monoisotopic (exact) mass is 752 g/mol. The number of allylic oxidation sites excluding steroid dienone is 1. The normalized spacial score (nSPS) is 18.0. The van der Waals surface area contributed by atoms with Crippen molar-refractivity contribution in [3.63, 3.8) is 0 Å². The smallest absolute Gasteiger partial charge is 0.137 e. The molecule has 5 nitrogen and oxygen atoms in total. The number of amidine groups is 1. The molecule has 0 amide bonds. The van der Waals surface area contributed by atoms with E-state index in [0.717, 1.165) is 51.0 Å². The van der Waals surface area contributed by atoms with Gasteiger partial charge in [0.05, 0.1) is 11.0 Å². The number of benzene rings is 7. The van der Waals surface area contributed by atoms with Crippen LogP contribution in [0.25, 0.3) is 65.6 Å². The number of furan rings is 1. The fraction of sp³-hybridized carbons (Fsp3) is 0.0784. The summed E-state index contributed by atoms with van der Waals surface area (Å²) in [4.78, 5) is 6.56. The number of hydrogen-bond donors (Lipinski definition) is 2. The highest BCUT2D eigenvalue weighted by Crippen LogP contribution is 2.47. The van der Waals surface area contributed by atoms with Gasteiger partial charge in [-0.25, -0.2) is 4.99 Å². The van der Waals surface area contributed by atoms with Crippen LogP contribution in [0.1, 0.15) is 57.4 Å². The Morgan fingerprint density at radius 3 is 2.12 bits per heavy atom. The van der Waals surface area contributed by atoms with Crippen LogP contribution >= 0.6 is 11.3 Å². The zero-order chi connectivity index (χ0) is 37.5. The maximum absolute atomic E-state index is 6.73. The predicted molar refractivity (Wildman–Crippen MR) is 237 cm³/mol. The van der Waals surface area contributed by atoms with Crippen LogP contribution in [0.15, 0.2) is 179 Å². The molecule has 272 valence electrons. The van der Waals surface area contributed by atoms with Crippen LogP contribution in [0.4, 0.5) is 0 Å². The zero-order valence-electron chi connectivity index (χ0n) is 30.9. The molecular formula is C51H36N4OS. The molecule has 4 heterocycles. The Kier molecular flexibility index (Phi) is 7.37. The van der Waals surface area contributed by atoms with E-state index in [1.165, 1.54) is 53.5 Å². The first kappa shape index (κ1) is 32.5. The average molecular weight is 753 g/mol. The maximum atomic E-state index is 6.73. The fourth-order valence-electron chi connectivity index (χ4n) is 9.21. The lowest BCUT2D eigenvalue weighted by molar-refractivity contribution is 0.411. The summed E-state index contributed by atoms with van der Waals surface area (Å²) < 4.78 is 10.4. The molecule has 0 fully saturated rings. The summed E-state index contributed by atoms with van der Waals surface area (Å²) in [5.41, 5.74) is 11.3. The summed E-state index contributed by atoms with van der Waals surface area (Å²) in [6, 6.07) is 58.5. The molecular weight excluding hydrogens is 717 g/mol. The number of rotatable bonds is 5. The minimum Gasteiger partial charge on any atom is -0.456 e. The van der Waals surface area contributed by atoms with Gasteiger partial charge in [-0.05, 0) is 65.1 Å². The van der Waals surface area contributed by atoms with Crippen LogP contribution in [0.2, 0.25) is 0 Å². The number of aliphatic imine (C=N–C) groups is 1. The van der Waals surface area contributed by atoms with Gasteiger partial charge in [-0.1, -0.05) is 133 Å². The molecule has 10 aromatic rings. The molecule has 3 atom stereocenters. The van der Waals surface area contributed by atoms with Crippen LogP contribution in [-0.4, -0.2) is 10.4 Å². The first-order valence-corrected chi connectivity index (χ1v) is 20.4. The number of hydrogen-bond acceptors (Lipinski definition) is 5. The molecule has 3 aromatic heterocycles. The van der Waals surface area contributed by atoms with Crippen molar-refractivity contribution in [1.29, 1.82) is 0 Å². The van der Waals surface area contributed by atoms with E-state index in [-0.39, 0.29) is 18.2 Å². The average Bonchev–Trinajstić information content (AvgIpc) is 3.96. The highest BCUT2D eigenvalue weighted by Gasteiger charge is 2.30. The first-order valence-electron chi connectivity index (χ1n) is 19.6. The van der Waals surface area contributed by atoms with Crippen molar-refractivity contribution >= 4 is 77.1 Å². The Morgan fingerprint density at radius 2 is 1.33 bits per heavy atom. The van der Waals surface area contributed by atoms with E-state index in [0.29, 0.717) is 0 Å². The van der Waals surface area contributed by atoms with Crippen LogP contribution in [0.3, 0.4) is 0 Å². The number of thiophene rings is 1. The molecule has 0 saturated carbocycles. The van der Waals surface area contributed by atoms with Crippen molar-refractivity contribution in [2.24, 2.45) is 4.99 Å². The summed E-state index contributed by atoms with van der Waals surface area (Å²) in [6.45, 7) is 0. The number of nitrogens with zero attached hydrogens (tertiary/aromatic N) is 2. The molecule has 1 aliphatic heterocycles. The van der Waals surface area contributed by atoms with E-state index in [1.54, 1.807) is 0 Å². The van der Waals surface area contributed by atoms with Crippen LogP contribution in [-0.2, 0) is 0 Å². The van der Waals surface area contributed by atoms with E-state index in [9.17, 15) is 0 Å². The third-order valence-corrected chi connectivity index (χ3v) is 13.1. The van der Waals surface area contributed by atoms with Gasteiger partial charge in [0.25, 0.3) is 0 Å². The third kappa shape index (κ3) is 5.22. The van der Waals surface area contributed by atoms with Gasteiger partial charge >= 0.3 is 0 Å². The molecule has 57 heavy (non-hydrogen) atoms. The van der Waals surface area contributed by atoms with E-state index in [2.05, 4.69) is 185 Å². The molecule has 2 N–H and O–H groups in total. The Balaban J connectivity index is 0.927. The highest BCUT2D eigenvalue weighted by atomic mass is 32.1. The summed E-state index contributed by atoms with van der Waals surface area (Å²) in [5, 5.41) is 13.7. The summed E-state index contributed by atoms with van der Waals surface area (Å²) in [6.07, 6.45) is 5.31. The van der Waals surface area contributed by atoms with Crippen molar-refractivity contribution in [2.75, 3.05) is 0 Å². The first-order chi connectivity index (χ1) is 28.2. The van der Waals surface area contributed by atoms with Crippen molar-refractivity contribution in [2.45, 2.75) is 24.7 Å². The molecule has 0 saturated heterocycles. The molecule has 6 heteroatoms. The lowest BCUT2D eigenvalue weighted by Gasteiger charge is -2.32. The second kappa shape index (κ2) is 12.9. The number of aromatic nitrogens is 1. The second-order valence-electron chi connectivity index (χ2n) is 15.1. The lowest BCUT2D eigenvalue weighted by Crippen LogP contribution is -2.45. The molecule has 0 radical (unpaired) electrons. The van der Waals surface area contributed by atoms with Crippen molar-refractivity contribution in [3.05, 3.63) is 203 Å². The van der Waals surface area contributed by atoms with Crippen molar-refractivity contribution in [3.8, 4) is 5.69 Å². The topological polar surface area (TPSA) is 54.5 Å². The van der Waals surface area contributed by atoms with Gasteiger partial charge in [-0.3, -0.25) is 5.32 Å². The van der Waals surface area contributed by atoms with Crippen LogP contribution in [0.5, 0.6) is 0 Å². The fourth-order valence-corrected chi connectivity index (χ4v) is 10.6. The van der Waals surface area contributed by atoms with E-state index < -0.39 is 0 Å². The second-order valence-corrected chi connectivity index (χ2v) is 16.2. The molecule has 2 aliphatic rings. The van der Waals surface area contributed by atoms with Gasteiger partial charge < -0.3 is 14.3 Å². The van der Waals surface area contributed by atoms with E-state index >= 15 is 0 Å². The minimum absolute atomic E-state index is 0.140. The Bertz CT molecular complexity index is 3190. The molecule has 0 bridgehead atoms. The zero-order valence-corrected chi connectivity index (χ0v) is 31.7. The van der Waals surface area contributed by atoms with Gasteiger partial charge in [-0.15, -0.1) is 11.3 Å². The highest BCUT2D eigenvalue weighted by molar-refractivity contribution is 7.19. The molecule has 12 rings (SSSR count). The van der Waals surface area contributed by atoms with Gasteiger partial charge in [0.15, 0.2) is 0 Å². The molecule has 0 spiro atoms. The van der Waals surface area contributed by atoms with Crippen LogP contribution < -0.4 is 10.6 Å². The standard InChI is InChI=1S/C51H36N4OS/c1-3-13-31(14-4-1)49-52-50(32-15-5-2-6-16-32)54-51(53-49)41-21-12-24-46-47(41)40-20-11-19-35(48(40)57-46)33-25-27-38-39-28-26-34(30-45(39)56-44(38)29-33)55-42-22-9-7-17-36(42)37-18-8-10-23-43(37)55/h1-18,20-30,35,49,51,53H,19H2,(H,52,54). The Labute approximate surface area is 333 Å². The van der Waals surface area contributed by atoms with Crippen molar-refractivity contribution in [1.82, 2.24) is 15.2 Å². The van der Waals surface area contributed by atoms with Gasteiger partial charge in [0.1, 0.15) is 29.3 Å². The molecule has 1 aliphatic carbocycles. The van der Waals surface area contributed by atoms with Gasteiger partial charge in [-0.2, -0.15) is 0 Å². The lowest BCUT2D eigenvalue weighted by atomic mass is 9.86. The van der Waals surface area contributed by atoms with Gasteiger partial charge in [0.2, 0.25) is 0 Å². The molecule has 3 unspecified atom stereocenters. The SMILES string of the molecule is C1=Cc2c(sc3cccc(C4NC(c5ccccc5)=NC(c5ccccc5)N4)c23)C(c2ccc3c(c2)oc2cc(-n4c5ccccc5c5ccccc54)ccc23)C1. The third-order valence-electron chi connectivity index (χ3n) is 11.8. The van der Waals surface area contributed by atoms with E-state index in [1.807, 2.05) is 17.4 Å². The maximum Gasteiger partial charge on any atom is 0.137 e. The number of para-hydroxylation sites is 2. The predicted octanol–water partition coefficient (Wildman–Crippen LogP) is 12.8. The largest absolute Gasteiger partial charge is 0.456 e. The summed E-state index contributed by atoms with van der Waals surface area (Å²) in [7, 11) is 0. The molecule has 7 aromatic carbocycles.